The molecule has 127 valence electrons. The van der Waals surface area contributed by atoms with Crippen LogP contribution in [0.4, 0.5) is 0 Å². The standard InChI is InChI=1S/C6H12O5S.C6H15P.Au/c7-1-2-3(8)4(9)5(10)6(12)11-2;1-4-7(5-2)6-3;/h2-10,12H,1H2;4-6H2,1-3H3;/t2?,3-,4-,5?,6-;;/m0../s1. The summed E-state index contributed by atoms with van der Waals surface area (Å²) in [6.07, 6.45) is -0.459. The Hall–Kier alpha value is 1.32. The van der Waals surface area contributed by atoms with Crippen molar-refractivity contribution >= 4 is 20.6 Å². The third kappa shape index (κ3) is 7.54. The molecule has 5 nitrogen and oxygen atoms in total. The van der Waals surface area contributed by atoms with Crippen molar-refractivity contribution in [2.45, 2.75) is 50.6 Å². The van der Waals surface area contributed by atoms with E-state index in [1.807, 2.05) is 0 Å². The minimum Gasteiger partial charge on any atom is -0.759 e. The molecule has 0 amide bonds. The Morgan fingerprint density at radius 2 is 1.40 bits per heavy atom. The molecule has 0 aliphatic carbocycles. The summed E-state index contributed by atoms with van der Waals surface area (Å²) in [4.78, 5) is 0. The fourth-order valence-electron chi connectivity index (χ4n) is 1.82. The zero-order chi connectivity index (χ0) is 15.0. The molecule has 0 aromatic rings. The molecule has 8 heteroatoms. The number of aliphatic hydroxyl groups excluding tert-OH is 4. The monoisotopic (exact) mass is 511 g/mol. The van der Waals surface area contributed by atoms with Crippen LogP contribution in [-0.2, 0) is 39.7 Å². The summed E-state index contributed by atoms with van der Waals surface area (Å²) in [6.45, 7) is 6.49. The fraction of sp³-hybridized carbons (Fsp3) is 1.00. The molecule has 1 aliphatic rings. The topological polar surface area (TPSA) is 90.2 Å². The first kappa shape index (κ1) is 23.6. The Labute approximate surface area is 143 Å². The first-order valence-corrected chi connectivity index (χ1v) is 9.31. The van der Waals surface area contributed by atoms with Gasteiger partial charge in [-0.3, -0.25) is 0 Å². The van der Waals surface area contributed by atoms with Gasteiger partial charge in [0, 0.05) is 22.4 Å². The van der Waals surface area contributed by atoms with Gasteiger partial charge in [-0.1, -0.05) is 0 Å². The molecule has 0 spiro atoms. The van der Waals surface area contributed by atoms with Crippen LogP contribution in [0.15, 0.2) is 0 Å². The van der Waals surface area contributed by atoms with Crippen LogP contribution in [0.1, 0.15) is 20.8 Å². The summed E-state index contributed by atoms with van der Waals surface area (Å²) in [7, 11) is 0.137. The molecule has 0 aromatic carbocycles. The molecule has 1 fully saturated rings. The Balaban J connectivity index is 0. The smallest absolute Gasteiger partial charge is 0.111 e. The number of hydrogen-bond acceptors (Lipinski definition) is 6. The second-order valence-corrected chi connectivity index (χ2v) is 8.59. The van der Waals surface area contributed by atoms with E-state index in [1.54, 1.807) is 0 Å². The van der Waals surface area contributed by atoms with E-state index in [0.717, 1.165) is 0 Å². The molecule has 0 bridgehead atoms. The summed E-state index contributed by atoms with van der Waals surface area (Å²) in [5.41, 5.74) is -0.986. The van der Waals surface area contributed by atoms with E-state index in [1.165, 1.54) is 18.5 Å². The van der Waals surface area contributed by atoms with Crippen LogP contribution in [0.25, 0.3) is 0 Å². The summed E-state index contributed by atoms with van der Waals surface area (Å²) in [5.74, 6) is 0. The van der Waals surface area contributed by atoms with Gasteiger partial charge in [0.2, 0.25) is 0 Å². The first-order valence-electron chi connectivity index (χ1n) is 6.72. The number of hydrogen-bond donors (Lipinski definition) is 4. The van der Waals surface area contributed by atoms with Crippen molar-refractivity contribution in [2.24, 2.45) is 0 Å². The Kier molecular flexibility index (Phi) is 15.1. The molecule has 1 radical (unpaired) electrons. The van der Waals surface area contributed by atoms with Crippen LogP contribution in [-0.4, -0.2) is 75.4 Å². The van der Waals surface area contributed by atoms with Crippen molar-refractivity contribution in [1.29, 1.82) is 0 Å². The first-order chi connectivity index (χ1) is 8.92. The number of rotatable bonds is 4. The largest absolute Gasteiger partial charge is 0.759 e. The maximum Gasteiger partial charge on any atom is 0.111 e. The second-order valence-electron chi connectivity index (χ2n) is 4.51. The molecule has 4 N–H and O–H groups in total. The molecule has 20 heavy (non-hydrogen) atoms. The van der Waals surface area contributed by atoms with Gasteiger partial charge in [0.05, 0.1) is 31.2 Å². The van der Waals surface area contributed by atoms with E-state index in [9.17, 15) is 5.11 Å². The Morgan fingerprint density at radius 1 is 0.950 bits per heavy atom. The van der Waals surface area contributed by atoms with Crippen molar-refractivity contribution in [2.75, 3.05) is 25.1 Å². The van der Waals surface area contributed by atoms with Gasteiger partial charge < -0.3 is 37.8 Å². The van der Waals surface area contributed by atoms with Gasteiger partial charge in [-0.15, -0.1) is 0 Å². The van der Waals surface area contributed by atoms with Gasteiger partial charge in [0.1, 0.15) is 18.3 Å². The predicted octanol–water partition coefficient (Wildman–Crippen LogP) is -0.409. The van der Waals surface area contributed by atoms with Gasteiger partial charge >= 0.3 is 0 Å². The average Bonchev–Trinajstić information content (AvgIpc) is 2.43. The van der Waals surface area contributed by atoms with E-state index in [4.69, 9.17) is 20.1 Å². The van der Waals surface area contributed by atoms with Crippen molar-refractivity contribution in [1.82, 2.24) is 0 Å². The molecular weight excluding hydrogens is 484 g/mol. The SMILES string of the molecule is CC[PH+](CC)CC.OCC1O[C@@H]([S-])C(O)[C@@H](O)[C@H]1O.[Au]. The molecule has 1 saturated heterocycles. The van der Waals surface area contributed by atoms with Gasteiger partial charge in [0.15, 0.2) is 0 Å². The summed E-state index contributed by atoms with van der Waals surface area (Å²) >= 11 is 4.63. The van der Waals surface area contributed by atoms with Crippen molar-refractivity contribution in [3.05, 3.63) is 0 Å². The molecule has 0 saturated carbocycles. The normalized spacial score (nSPS) is 33.1. The minimum absolute atomic E-state index is 0. The van der Waals surface area contributed by atoms with Crippen molar-refractivity contribution < 1.29 is 47.5 Å². The zero-order valence-electron chi connectivity index (χ0n) is 12.1. The van der Waals surface area contributed by atoms with Crippen LogP contribution < -0.4 is 0 Å². The van der Waals surface area contributed by atoms with Crippen LogP contribution in [0, 0.1) is 0 Å². The molecule has 1 aliphatic heterocycles. The Bertz CT molecular complexity index is 226. The fourth-order valence-corrected chi connectivity index (χ4v) is 3.62. The maximum absolute atomic E-state index is 9.18. The van der Waals surface area contributed by atoms with Crippen molar-refractivity contribution in [3.63, 3.8) is 0 Å². The molecule has 1 heterocycles. The van der Waals surface area contributed by atoms with E-state index in [0.29, 0.717) is 0 Å². The van der Waals surface area contributed by atoms with E-state index in [-0.39, 0.29) is 30.3 Å². The third-order valence-corrected chi connectivity index (χ3v) is 6.74. The van der Waals surface area contributed by atoms with Crippen LogP contribution in [0.5, 0.6) is 0 Å². The summed E-state index contributed by atoms with van der Waals surface area (Å²) in [6, 6.07) is 0. The van der Waals surface area contributed by atoms with E-state index >= 15 is 0 Å². The molecule has 2 unspecified atom stereocenters. The summed E-state index contributed by atoms with van der Waals surface area (Å²) in [5, 5.41) is 36.1. The molecular formula is C12H27AuO5PS. The second kappa shape index (κ2) is 12.8. The average molecular weight is 511 g/mol. The molecule has 1 rings (SSSR count). The number of ether oxygens (including phenoxy) is 1. The predicted molar refractivity (Wildman–Crippen MR) is 81.1 cm³/mol. The Morgan fingerprint density at radius 3 is 1.70 bits per heavy atom. The van der Waals surface area contributed by atoms with Crippen molar-refractivity contribution in [3.8, 4) is 0 Å². The van der Waals surface area contributed by atoms with Crippen LogP contribution in [0.3, 0.4) is 0 Å². The van der Waals surface area contributed by atoms with E-state index < -0.39 is 36.5 Å². The summed E-state index contributed by atoms with van der Waals surface area (Å²) < 4.78 is 4.84. The third-order valence-electron chi connectivity index (χ3n) is 3.35. The quantitative estimate of drug-likeness (QED) is 0.233. The van der Waals surface area contributed by atoms with Gasteiger partial charge in [-0.05, 0) is 34.1 Å². The van der Waals surface area contributed by atoms with Gasteiger partial charge in [-0.25, -0.2) is 0 Å². The van der Waals surface area contributed by atoms with Gasteiger partial charge in [-0.2, -0.15) is 0 Å². The molecule has 0 aromatic heterocycles. The maximum atomic E-state index is 9.18. The number of aliphatic hydroxyl groups is 4. The van der Waals surface area contributed by atoms with Crippen LogP contribution in [0.2, 0.25) is 0 Å². The zero-order valence-corrected chi connectivity index (χ0v) is 16.1. The van der Waals surface area contributed by atoms with Crippen LogP contribution >= 0.6 is 7.92 Å². The minimum atomic E-state index is -1.35. The van der Waals surface area contributed by atoms with Gasteiger partial charge in [0.25, 0.3) is 0 Å². The molecule has 5 atom stereocenters. The van der Waals surface area contributed by atoms with E-state index in [2.05, 4.69) is 33.4 Å².